The van der Waals surface area contributed by atoms with Crippen LogP contribution in [0.25, 0.3) is 0 Å². The summed E-state index contributed by atoms with van der Waals surface area (Å²) in [5, 5.41) is -0.0282. The molecule has 1 aromatic rings. The van der Waals surface area contributed by atoms with Crippen LogP contribution in [-0.4, -0.2) is 71.5 Å². The van der Waals surface area contributed by atoms with Gasteiger partial charge >= 0.3 is 0 Å². The van der Waals surface area contributed by atoms with Gasteiger partial charge in [0.15, 0.2) is 0 Å². The Morgan fingerprint density at radius 2 is 1.78 bits per heavy atom. The molecule has 0 bridgehead atoms. The molecule has 0 unspecified atom stereocenters. The standard InChI is InChI=1S/C20H26FN3O2S/c21-17-6-4-16(5-7-17)20-24(18(25)14-27-20)13-10-22-8-11-23(12-9-22)19(26)15-2-1-3-15/h4-7,15,20H,1-3,8-14H2/t20-/m0/s1. The molecule has 2 saturated heterocycles. The van der Waals surface area contributed by atoms with Crippen LogP contribution in [0, 0.1) is 11.7 Å². The second kappa shape index (κ2) is 8.19. The number of benzene rings is 1. The van der Waals surface area contributed by atoms with Crippen molar-refractivity contribution >= 4 is 23.6 Å². The molecule has 1 atom stereocenters. The molecule has 146 valence electrons. The van der Waals surface area contributed by atoms with Gasteiger partial charge in [0, 0.05) is 45.2 Å². The summed E-state index contributed by atoms with van der Waals surface area (Å²) in [4.78, 5) is 30.9. The highest BCUT2D eigenvalue weighted by Crippen LogP contribution is 2.38. The van der Waals surface area contributed by atoms with Crippen molar-refractivity contribution < 1.29 is 14.0 Å². The summed E-state index contributed by atoms with van der Waals surface area (Å²) < 4.78 is 13.2. The molecule has 0 N–H and O–H groups in total. The Hall–Kier alpha value is -1.60. The molecule has 27 heavy (non-hydrogen) atoms. The molecule has 1 aromatic carbocycles. The summed E-state index contributed by atoms with van der Waals surface area (Å²) in [6.07, 6.45) is 3.30. The van der Waals surface area contributed by atoms with Crippen LogP contribution < -0.4 is 0 Å². The van der Waals surface area contributed by atoms with E-state index in [1.165, 1.54) is 18.6 Å². The van der Waals surface area contributed by atoms with E-state index in [1.54, 1.807) is 23.9 Å². The fourth-order valence-corrected chi connectivity index (χ4v) is 5.17. The molecule has 7 heteroatoms. The van der Waals surface area contributed by atoms with E-state index in [0.29, 0.717) is 18.2 Å². The van der Waals surface area contributed by atoms with Crippen molar-refractivity contribution in [2.45, 2.75) is 24.6 Å². The number of hydrogen-bond donors (Lipinski definition) is 0. The molecule has 0 spiro atoms. The monoisotopic (exact) mass is 391 g/mol. The van der Waals surface area contributed by atoms with E-state index >= 15 is 0 Å². The van der Waals surface area contributed by atoms with E-state index in [2.05, 4.69) is 4.90 Å². The molecule has 0 radical (unpaired) electrons. The first kappa shape index (κ1) is 18.7. The number of hydrogen-bond acceptors (Lipinski definition) is 4. The Balaban J connectivity index is 1.28. The Bertz CT molecular complexity index is 687. The summed E-state index contributed by atoms with van der Waals surface area (Å²) in [6.45, 7) is 4.81. The van der Waals surface area contributed by atoms with Crippen molar-refractivity contribution in [3.05, 3.63) is 35.6 Å². The third-order valence-corrected chi connectivity index (χ3v) is 7.17. The largest absolute Gasteiger partial charge is 0.340 e. The van der Waals surface area contributed by atoms with Gasteiger partial charge in [0.05, 0.1) is 5.75 Å². The quantitative estimate of drug-likeness (QED) is 0.773. The summed E-state index contributed by atoms with van der Waals surface area (Å²) in [7, 11) is 0. The van der Waals surface area contributed by atoms with Gasteiger partial charge in [-0.15, -0.1) is 11.8 Å². The maximum Gasteiger partial charge on any atom is 0.233 e. The highest BCUT2D eigenvalue weighted by Gasteiger charge is 2.34. The van der Waals surface area contributed by atoms with Crippen molar-refractivity contribution in [1.29, 1.82) is 0 Å². The lowest BCUT2D eigenvalue weighted by Crippen LogP contribution is -2.52. The average molecular weight is 392 g/mol. The Morgan fingerprint density at radius 3 is 2.41 bits per heavy atom. The first-order chi connectivity index (χ1) is 13.1. The molecule has 2 heterocycles. The highest BCUT2D eigenvalue weighted by atomic mass is 32.2. The van der Waals surface area contributed by atoms with Gasteiger partial charge in [0.1, 0.15) is 11.2 Å². The molecule has 3 aliphatic rings. The van der Waals surface area contributed by atoms with Crippen LogP contribution in [0.15, 0.2) is 24.3 Å². The van der Waals surface area contributed by atoms with Crippen LogP contribution in [0.1, 0.15) is 30.2 Å². The number of carbonyl (C=O) groups is 2. The lowest BCUT2D eigenvalue weighted by atomic mass is 9.84. The summed E-state index contributed by atoms with van der Waals surface area (Å²) >= 11 is 1.60. The number of halogens is 1. The van der Waals surface area contributed by atoms with Crippen LogP contribution in [-0.2, 0) is 9.59 Å². The topological polar surface area (TPSA) is 43.9 Å². The Kier molecular flexibility index (Phi) is 5.68. The van der Waals surface area contributed by atoms with Gasteiger partial charge in [-0.1, -0.05) is 18.6 Å². The van der Waals surface area contributed by atoms with E-state index in [4.69, 9.17) is 0 Å². The van der Waals surface area contributed by atoms with Gasteiger partial charge in [-0.25, -0.2) is 4.39 Å². The molecule has 1 aliphatic carbocycles. The number of piperazine rings is 1. The van der Waals surface area contributed by atoms with Gasteiger partial charge in [-0.2, -0.15) is 0 Å². The minimum atomic E-state index is -0.256. The number of nitrogens with zero attached hydrogens (tertiary/aromatic N) is 3. The van der Waals surface area contributed by atoms with Crippen molar-refractivity contribution in [3.63, 3.8) is 0 Å². The van der Waals surface area contributed by atoms with Gasteiger partial charge in [0.25, 0.3) is 0 Å². The second-order valence-corrected chi connectivity index (χ2v) is 8.67. The molecule has 2 amide bonds. The predicted octanol–water partition coefficient (Wildman–Crippen LogP) is 2.34. The number of amides is 2. The van der Waals surface area contributed by atoms with Crippen LogP contribution in [0.5, 0.6) is 0 Å². The molecule has 4 rings (SSSR count). The first-order valence-electron chi connectivity index (χ1n) is 9.79. The molecule has 2 aliphatic heterocycles. The average Bonchev–Trinajstić information content (AvgIpc) is 3.00. The molecule has 5 nitrogen and oxygen atoms in total. The van der Waals surface area contributed by atoms with Crippen molar-refractivity contribution in [3.8, 4) is 0 Å². The zero-order chi connectivity index (χ0) is 18.8. The summed E-state index contributed by atoms with van der Waals surface area (Å²) in [5.41, 5.74) is 0.975. The van der Waals surface area contributed by atoms with E-state index in [9.17, 15) is 14.0 Å². The van der Waals surface area contributed by atoms with Crippen LogP contribution >= 0.6 is 11.8 Å². The number of rotatable bonds is 5. The van der Waals surface area contributed by atoms with Crippen molar-refractivity contribution in [2.24, 2.45) is 5.92 Å². The predicted molar refractivity (Wildman–Crippen MR) is 104 cm³/mol. The Labute approximate surface area is 163 Å². The van der Waals surface area contributed by atoms with E-state index in [-0.39, 0.29) is 23.0 Å². The molecule has 3 fully saturated rings. The number of carbonyl (C=O) groups excluding carboxylic acids is 2. The molecular formula is C20H26FN3O2S. The van der Waals surface area contributed by atoms with Gasteiger partial charge in [0.2, 0.25) is 11.8 Å². The third-order valence-electron chi connectivity index (χ3n) is 5.92. The van der Waals surface area contributed by atoms with Gasteiger partial charge < -0.3 is 9.80 Å². The van der Waals surface area contributed by atoms with Gasteiger partial charge in [-0.05, 0) is 30.5 Å². The van der Waals surface area contributed by atoms with Crippen molar-refractivity contribution in [2.75, 3.05) is 45.0 Å². The minimum Gasteiger partial charge on any atom is -0.340 e. The summed E-state index contributed by atoms with van der Waals surface area (Å²) in [6, 6.07) is 6.44. The first-order valence-corrected chi connectivity index (χ1v) is 10.8. The fraction of sp³-hybridized carbons (Fsp3) is 0.600. The SMILES string of the molecule is O=C(C1CCC1)N1CCN(CCN2C(=O)CS[C@H]2c2ccc(F)cc2)CC1. The van der Waals surface area contributed by atoms with Crippen molar-refractivity contribution in [1.82, 2.24) is 14.7 Å². The maximum atomic E-state index is 13.2. The summed E-state index contributed by atoms with van der Waals surface area (Å²) in [5.74, 6) is 0.976. The molecular weight excluding hydrogens is 365 g/mol. The van der Waals surface area contributed by atoms with E-state index in [0.717, 1.165) is 51.1 Å². The Morgan fingerprint density at radius 1 is 1.07 bits per heavy atom. The smallest absolute Gasteiger partial charge is 0.233 e. The zero-order valence-corrected chi connectivity index (χ0v) is 16.3. The molecule has 0 aromatic heterocycles. The van der Waals surface area contributed by atoms with Crippen LogP contribution in [0.3, 0.4) is 0 Å². The van der Waals surface area contributed by atoms with Crippen LogP contribution in [0.2, 0.25) is 0 Å². The minimum absolute atomic E-state index is 0.0282. The lowest BCUT2D eigenvalue weighted by molar-refractivity contribution is -0.139. The highest BCUT2D eigenvalue weighted by molar-refractivity contribution is 8.00. The number of thioether (sulfide) groups is 1. The third kappa shape index (κ3) is 4.14. The van der Waals surface area contributed by atoms with Crippen LogP contribution in [0.4, 0.5) is 4.39 Å². The maximum absolute atomic E-state index is 13.2. The lowest BCUT2D eigenvalue weighted by Gasteiger charge is -2.38. The molecule has 1 saturated carbocycles. The van der Waals surface area contributed by atoms with E-state index < -0.39 is 0 Å². The second-order valence-electron chi connectivity index (χ2n) is 7.60. The zero-order valence-electron chi connectivity index (χ0n) is 15.5. The van der Waals surface area contributed by atoms with Gasteiger partial charge in [-0.3, -0.25) is 14.5 Å². The van der Waals surface area contributed by atoms with E-state index in [1.807, 2.05) is 9.80 Å². The normalized spacial score (nSPS) is 24.3. The fourth-order valence-electron chi connectivity index (χ4n) is 3.95.